The first-order valence-electron chi connectivity index (χ1n) is 11.2. The maximum Gasteiger partial charge on any atom is 0.433 e. The summed E-state index contributed by atoms with van der Waals surface area (Å²) in [6.07, 6.45) is 2.91. The number of pyridine rings is 3. The number of nitrogens with zero attached hydrogens (tertiary/aromatic N) is 4. The largest absolute Gasteiger partial charge is 0.433 e. The Morgan fingerprint density at radius 3 is 2.65 bits per heavy atom. The molecule has 0 spiro atoms. The zero-order valence-corrected chi connectivity index (χ0v) is 19.2. The lowest BCUT2D eigenvalue weighted by Gasteiger charge is -2.32. The molecule has 5 rings (SSSR count). The van der Waals surface area contributed by atoms with Crippen LogP contribution in [-0.2, 0) is 12.7 Å². The average molecular weight is 484 g/mol. The minimum absolute atomic E-state index is 0.317. The fourth-order valence-electron chi connectivity index (χ4n) is 4.38. The highest BCUT2D eigenvalue weighted by molar-refractivity contribution is 7.08. The lowest BCUT2D eigenvalue weighted by Crippen LogP contribution is -2.35. The SMILES string of the molecule is FC(F)(F)c1ccc2c(NCC3CCN(Cc4cccnc4)CC3)ncc(-c3ccsc3)c2n1. The van der Waals surface area contributed by atoms with Gasteiger partial charge in [0.15, 0.2) is 0 Å². The molecule has 0 aliphatic carbocycles. The van der Waals surface area contributed by atoms with Gasteiger partial charge in [0.1, 0.15) is 11.5 Å². The average Bonchev–Trinajstić information content (AvgIpc) is 3.38. The molecule has 1 aliphatic heterocycles. The lowest BCUT2D eigenvalue weighted by atomic mass is 9.96. The van der Waals surface area contributed by atoms with E-state index in [4.69, 9.17) is 0 Å². The van der Waals surface area contributed by atoms with Gasteiger partial charge in [-0.15, -0.1) is 0 Å². The molecule has 176 valence electrons. The third-order valence-corrected chi connectivity index (χ3v) is 6.93. The summed E-state index contributed by atoms with van der Waals surface area (Å²) >= 11 is 1.49. The van der Waals surface area contributed by atoms with Gasteiger partial charge >= 0.3 is 6.18 Å². The summed E-state index contributed by atoms with van der Waals surface area (Å²) in [6, 6.07) is 8.43. The first-order valence-corrected chi connectivity index (χ1v) is 12.2. The van der Waals surface area contributed by atoms with Crippen molar-refractivity contribution in [3.05, 3.63) is 70.9 Å². The van der Waals surface area contributed by atoms with Crippen molar-refractivity contribution in [2.45, 2.75) is 25.6 Å². The molecule has 1 N–H and O–H groups in total. The molecule has 0 radical (unpaired) electrons. The minimum atomic E-state index is -4.50. The Labute approximate surface area is 199 Å². The minimum Gasteiger partial charge on any atom is -0.369 e. The number of nitrogens with one attached hydrogen (secondary N) is 1. The molecule has 0 amide bonds. The van der Waals surface area contributed by atoms with Crippen molar-refractivity contribution in [3.63, 3.8) is 0 Å². The van der Waals surface area contributed by atoms with Crippen LogP contribution in [0.2, 0.25) is 0 Å². The van der Waals surface area contributed by atoms with Crippen LogP contribution in [0.25, 0.3) is 22.0 Å². The molecule has 4 aromatic heterocycles. The fourth-order valence-corrected chi connectivity index (χ4v) is 5.04. The Morgan fingerprint density at radius 1 is 1.09 bits per heavy atom. The molecule has 0 unspecified atom stereocenters. The Kier molecular flexibility index (Phi) is 6.47. The maximum atomic E-state index is 13.4. The molecule has 34 heavy (non-hydrogen) atoms. The van der Waals surface area contributed by atoms with E-state index in [0.717, 1.165) is 50.7 Å². The number of thiophene rings is 1. The zero-order chi connectivity index (χ0) is 23.5. The highest BCUT2D eigenvalue weighted by atomic mass is 32.1. The van der Waals surface area contributed by atoms with Crippen LogP contribution in [-0.4, -0.2) is 39.5 Å². The number of anilines is 1. The highest BCUT2D eigenvalue weighted by Crippen LogP contribution is 2.35. The second kappa shape index (κ2) is 9.68. The summed E-state index contributed by atoms with van der Waals surface area (Å²) in [5.74, 6) is 1.05. The summed E-state index contributed by atoms with van der Waals surface area (Å²) in [5.41, 5.74) is 2.07. The van der Waals surface area contributed by atoms with Crippen LogP contribution in [0, 0.1) is 5.92 Å². The number of hydrogen-bond donors (Lipinski definition) is 1. The van der Waals surface area contributed by atoms with Crippen molar-refractivity contribution >= 4 is 28.1 Å². The van der Waals surface area contributed by atoms with Crippen LogP contribution in [0.4, 0.5) is 19.0 Å². The predicted molar refractivity (Wildman–Crippen MR) is 129 cm³/mol. The second-order valence-corrected chi connectivity index (χ2v) is 9.36. The first-order chi connectivity index (χ1) is 16.5. The summed E-state index contributed by atoms with van der Waals surface area (Å²) < 4.78 is 40.1. The van der Waals surface area contributed by atoms with Gasteiger partial charge in [0.25, 0.3) is 0 Å². The molecular weight excluding hydrogens is 459 g/mol. The van der Waals surface area contributed by atoms with Crippen molar-refractivity contribution in [2.24, 2.45) is 5.92 Å². The monoisotopic (exact) mass is 483 g/mol. The van der Waals surface area contributed by atoms with Crippen LogP contribution >= 0.6 is 11.3 Å². The van der Waals surface area contributed by atoms with Gasteiger partial charge < -0.3 is 5.32 Å². The second-order valence-electron chi connectivity index (χ2n) is 8.58. The molecule has 0 aromatic carbocycles. The van der Waals surface area contributed by atoms with Crippen molar-refractivity contribution in [1.82, 2.24) is 19.9 Å². The summed E-state index contributed by atoms with van der Waals surface area (Å²) in [7, 11) is 0. The van der Waals surface area contributed by atoms with Gasteiger partial charge in [-0.3, -0.25) is 9.88 Å². The molecule has 9 heteroatoms. The van der Waals surface area contributed by atoms with E-state index in [1.165, 1.54) is 23.0 Å². The number of alkyl halides is 3. The molecular formula is C25H24F3N5S. The zero-order valence-electron chi connectivity index (χ0n) is 18.4. The fraction of sp³-hybridized carbons (Fsp3) is 0.320. The third-order valence-electron chi connectivity index (χ3n) is 6.25. The van der Waals surface area contributed by atoms with Crippen LogP contribution in [0.5, 0.6) is 0 Å². The maximum absolute atomic E-state index is 13.4. The summed E-state index contributed by atoms with van der Waals surface area (Å²) in [4.78, 5) is 15.2. The Hall–Kier alpha value is -3.04. The number of hydrogen-bond acceptors (Lipinski definition) is 6. The first kappa shape index (κ1) is 22.7. The van der Waals surface area contributed by atoms with E-state index >= 15 is 0 Å². The molecule has 0 bridgehead atoms. The van der Waals surface area contributed by atoms with Crippen LogP contribution in [0.3, 0.4) is 0 Å². The summed E-state index contributed by atoms with van der Waals surface area (Å²) in [5, 5.41) is 7.78. The van der Waals surface area contributed by atoms with Gasteiger partial charge in [0.05, 0.1) is 5.52 Å². The van der Waals surface area contributed by atoms with Gasteiger partial charge in [0.2, 0.25) is 0 Å². The van der Waals surface area contributed by atoms with Gasteiger partial charge in [-0.25, -0.2) is 9.97 Å². The van der Waals surface area contributed by atoms with Crippen LogP contribution < -0.4 is 5.32 Å². The number of piperidine rings is 1. The number of aromatic nitrogens is 3. The predicted octanol–water partition coefficient (Wildman–Crippen LogP) is 6.10. The van der Waals surface area contributed by atoms with Crippen LogP contribution in [0.15, 0.2) is 59.7 Å². The highest BCUT2D eigenvalue weighted by Gasteiger charge is 2.33. The van der Waals surface area contributed by atoms with Crippen molar-refractivity contribution < 1.29 is 13.2 Å². The van der Waals surface area contributed by atoms with Gasteiger partial charge in [-0.1, -0.05) is 6.07 Å². The molecule has 4 aromatic rings. The number of rotatable bonds is 6. The van der Waals surface area contributed by atoms with E-state index in [9.17, 15) is 13.2 Å². The van der Waals surface area contributed by atoms with E-state index in [-0.39, 0.29) is 0 Å². The van der Waals surface area contributed by atoms with Gasteiger partial charge in [0, 0.05) is 42.6 Å². The van der Waals surface area contributed by atoms with Crippen molar-refractivity contribution in [2.75, 3.05) is 25.0 Å². The standard InChI is InChI=1S/C25H24F3N5S/c26-25(27,28)22-4-3-20-23(32-22)21(19-7-11-34-16-19)14-31-24(20)30-13-17-5-9-33(10-6-17)15-18-2-1-8-29-12-18/h1-4,7-8,11-12,14,16-17H,5-6,9-10,13,15H2,(H,30,31). The van der Waals surface area contributed by atoms with E-state index in [1.807, 2.05) is 29.1 Å². The molecule has 1 fully saturated rings. The number of fused-ring (bicyclic) bond motifs is 1. The number of likely N-dealkylation sites (tertiary alicyclic amines) is 1. The van der Waals surface area contributed by atoms with Crippen molar-refractivity contribution in [3.8, 4) is 11.1 Å². The Balaban J connectivity index is 1.30. The summed E-state index contributed by atoms with van der Waals surface area (Å²) in [6.45, 7) is 3.63. The molecule has 0 atom stereocenters. The van der Waals surface area contributed by atoms with E-state index in [1.54, 1.807) is 12.4 Å². The van der Waals surface area contributed by atoms with E-state index in [0.29, 0.717) is 28.2 Å². The Morgan fingerprint density at radius 2 is 1.94 bits per heavy atom. The normalized spacial score (nSPS) is 15.6. The molecule has 0 saturated carbocycles. The molecule has 1 aliphatic rings. The molecule has 5 nitrogen and oxygen atoms in total. The Bertz CT molecular complexity index is 1240. The molecule has 1 saturated heterocycles. The third kappa shape index (κ3) is 5.05. The number of halogens is 3. The van der Waals surface area contributed by atoms with Gasteiger partial charge in [-0.05, 0) is 78.0 Å². The topological polar surface area (TPSA) is 53.9 Å². The lowest BCUT2D eigenvalue weighted by molar-refractivity contribution is -0.140. The smallest absolute Gasteiger partial charge is 0.369 e. The van der Waals surface area contributed by atoms with E-state index in [2.05, 4.69) is 31.2 Å². The van der Waals surface area contributed by atoms with E-state index < -0.39 is 11.9 Å². The quantitative estimate of drug-likeness (QED) is 0.359. The molecule has 5 heterocycles. The van der Waals surface area contributed by atoms with Crippen LogP contribution in [0.1, 0.15) is 24.1 Å². The van der Waals surface area contributed by atoms with Gasteiger partial charge in [-0.2, -0.15) is 24.5 Å². The van der Waals surface area contributed by atoms with Crippen molar-refractivity contribution in [1.29, 1.82) is 0 Å².